The van der Waals surface area contributed by atoms with Crippen LogP contribution in [0, 0.1) is 0 Å². The van der Waals surface area contributed by atoms with E-state index in [0.717, 1.165) is 18.7 Å². The Morgan fingerprint density at radius 1 is 1.30 bits per heavy atom. The molecule has 1 aliphatic heterocycles. The van der Waals surface area contributed by atoms with Gasteiger partial charge in [0.05, 0.1) is 12.2 Å². The van der Waals surface area contributed by atoms with Gasteiger partial charge in [0.1, 0.15) is 0 Å². The second kappa shape index (κ2) is 6.21. The third kappa shape index (κ3) is 3.09. The normalized spacial score (nSPS) is 23.1. The fourth-order valence-electron chi connectivity index (χ4n) is 2.53. The smallest absolute Gasteiger partial charge is 0.248 e. The molecule has 4 N–H and O–H groups in total. The van der Waals surface area contributed by atoms with E-state index in [0.29, 0.717) is 17.8 Å². The van der Waals surface area contributed by atoms with Crippen molar-refractivity contribution in [1.82, 2.24) is 4.90 Å². The van der Waals surface area contributed by atoms with Gasteiger partial charge in [0.15, 0.2) is 0 Å². The number of nitrogens with zero attached hydrogens (tertiary/aromatic N) is 1. The number of rotatable bonds is 5. The summed E-state index contributed by atoms with van der Waals surface area (Å²) in [6.07, 6.45) is 0.150. The molecule has 6 nitrogen and oxygen atoms in total. The van der Waals surface area contributed by atoms with E-state index < -0.39 is 5.91 Å². The van der Waals surface area contributed by atoms with Crippen LogP contribution >= 0.6 is 0 Å². The first kappa shape index (κ1) is 14.8. The largest absolute Gasteiger partial charge is 0.398 e. The zero-order valence-corrected chi connectivity index (χ0v) is 11.8. The van der Waals surface area contributed by atoms with Crippen molar-refractivity contribution in [3.05, 3.63) is 29.3 Å². The molecule has 2 atom stereocenters. The number of hydrogen-bond acceptors (Lipinski definition) is 5. The predicted octanol–water partition coefficient (Wildman–Crippen LogP) is 0.213. The number of carbonyl (C=O) groups is 1. The van der Waals surface area contributed by atoms with Gasteiger partial charge < -0.3 is 20.9 Å². The summed E-state index contributed by atoms with van der Waals surface area (Å²) in [6.45, 7) is 2.29. The van der Waals surface area contributed by atoms with E-state index >= 15 is 0 Å². The van der Waals surface area contributed by atoms with Gasteiger partial charge in [0.25, 0.3) is 0 Å². The van der Waals surface area contributed by atoms with Gasteiger partial charge in [0, 0.05) is 45.1 Å². The molecule has 1 aromatic carbocycles. The lowest BCUT2D eigenvalue weighted by molar-refractivity contribution is -0.00461. The second-order valence-corrected chi connectivity index (χ2v) is 5.02. The molecule has 2 rings (SSSR count). The van der Waals surface area contributed by atoms with Crippen molar-refractivity contribution < 1.29 is 14.3 Å². The minimum atomic E-state index is -0.469. The van der Waals surface area contributed by atoms with Crippen LogP contribution in [-0.4, -0.2) is 50.3 Å². The Balaban J connectivity index is 2.06. The summed E-state index contributed by atoms with van der Waals surface area (Å²) in [5.41, 5.74) is 13.2. The van der Waals surface area contributed by atoms with Gasteiger partial charge >= 0.3 is 0 Å². The lowest BCUT2D eigenvalue weighted by Gasteiger charge is -2.16. The number of primary amides is 1. The van der Waals surface area contributed by atoms with Crippen molar-refractivity contribution in [2.45, 2.75) is 18.8 Å². The van der Waals surface area contributed by atoms with Gasteiger partial charge in [-0.1, -0.05) is 6.07 Å². The number of methoxy groups -OCH3 is 2. The van der Waals surface area contributed by atoms with E-state index in [4.69, 9.17) is 20.9 Å². The van der Waals surface area contributed by atoms with Crippen molar-refractivity contribution in [1.29, 1.82) is 0 Å². The van der Waals surface area contributed by atoms with E-state index in [-0.39, 0.29) is 12.2 Å². The summed E-state index contributed by atoms with van der Waals surface area (Å²) in [5, 5.41) is 0. The molecule has 110 valence electrons. The van der Waals surface area contributed by atoms with Gasteiger partial charge in [-0.3, -0.25) is 9.69 Å². The molecule has 0 bridgehead atoms. The molecule has 0 aliphatic carbocycles. The molecule has 0 aromatic heterocycles. The van der Waals surface area contributed by atoms with Crippen molar-refractivity contribution in [3.8, 4) is 0 Å². The number of ether oxygens (including phenoxy) is 2. The molecule has 1 aromatic rings. The Bertz CT molecular complexity index is 481. The Kier molecular flexibility index (Phi) is 4.59. The maximum atomic E-state index is 11.1. The zero-order chi connectivity index (χ0) is 14.7. The lowest BCUT2D eigenvalue weighted by atomic mass is 10.1. The van der Waals surface area contributed by atoms with Crippen LogP contribution in [0.25, 0.3) is 0 Å². The van der Waals surface area contributed by atoms with Gasteiger partial charge in [-0.25, -0.2) is 0 Å². The average molecular weight is 279 g/mol. The molecule has 2 unspecified atom stereocenters. The van der Waals surface area contributed by atoms with Gasteiger partial charge in [-0.2, -0.15) is 0 Å². The maximum absolute atomic E-state index is 11.1. The number of anilines is 1. The minimum Gasteiger partial charge on any atom is -0.398 e. The van der Waals surface area contributed by atoms with Crippen LogP contribution in [0.15, 0.2) is 18.2 Å². The number of hydrogen-bond donors (Lipinski definition) is 2. The molecule has 1 amide bonds. The van der Waals surface area contributed by atoms with Gasteiger partial charge in [-0.05, 0) is 17.7 Å². The van der Waals surface area contributed by atoms with Crippen molar-refractivity contribution >= 4 is 11.6 Å². The van der Waals surface area contributed by atoms with Crippen molar-refractivity contribution in [2.24, 2.45) is 5.73 Å². The number of benzene rings is 1. The van der Waals surface area contributed by atoms with Crippen LogP contribution in [0.5, 0.6) is 0 Å². The SMILES string of the molecule is COC1CN(Cc2ccc(C(N)=O)cc2N)CC1OC. The highest BCUT2D eigenvalue weighted by Crippen LogP contribution is 2.21. The summed E-state index contributed by atoms with van der Waals surface area (Å²) in [7, 11) is 3.38. The molecular formula is C14H21N3O3. The number of nitrogens with two attached hydrogens (primary N) is 2. The molecule has 6 heteroatoms. The molecule has 1 aliphatic rings. The Hall–Kier alpha value is -1.63. The molecule has 0 spiro atoms. The Morgan fingerprint density at radius 3 is 2.35 bits per heavy atom. The Labute approximate surface area is 118 Å². The monoisotopic (exact) mass is 279 g/mol. The standard InChI is InChI=1S/C14H21N3O3/c1-19-12-7-17(8-13(12)20-2)6-10-4-3-9(14(16)18)5-11(10)15/h3-5,12-13H,6-8,15H2,1-2H3,(H2,16,18). The van der Waals surface area contributed by atoms with Gasteiger partial charge in [-0.15, -0.1) is 0 Å². The highest BCUT2D eigenvalue weighted by atomic mass is 16.5. The second-order valence-electron chi connectivity index (χ2n) is 5.02. The molecule has 0 radical (unpaired) electrons. The van der Waals surface area contributed by atoms with Crippen LogP contribution < -0.4 is 11.5 Å². The first-order valence-corrected chi connectivity index (χ1v) is 6.51. The van der Waals surface area contributed by atoms with E-state index in [1.165, 1.54) is 0 Å². The summed E-state index contributed by atoms with van der Waals surface area (Å²) in [6, 6.07) is 5.17. The van der Waals surface area contributed by atoms with Crippen molar-refractivity contribution in [2.75, 3.05) is 33.0 Å². The maximum Gasteiger partial charge on any atom is 0.248 e. The summed E-state index contributed by atoms with van der Waals surface area (Å²) in [4.78, 5) is 13.3. The van der Waals surface area contributed by atoms with Crippen LogP contribution in [0.3, 0.4) is 0 Å². The van der Waals surface area contributed by atoms with E-state index in [1.807, 2.05) is 6.07 Å². The number of likely N-dealkylation sites (tertiary alicyclic amines) is 1. The van der Waals surface area contributed by atoms with Crippen LogP contribution in [0.2, 0.25) is 0 Å². The molecule has 20 heavy (non-hydrogen) atoms. The Morgan fingerprint density at radius 2 is 1.90 bits per heavy atom. The minimum absolute atomic E-state index is 0.0751. The average Bonchev–Trinajstić information content (AvgIpc) is 2.83. The predicted molar refractivity (Wildman–Crippen MR) is 76.2 cm³/mol. The molecule has 1 fully saturated rings. The van der Waals surface area contributed by atoms with Crippen LogP contribution in [0.4, 0.5) is 5.69 Å². The van der Waals surface area contributed by atoms with E-state index in [2.05, 4.69) is 4.90 Å². The van der Waals surface area contributed by atoms with E-state index in [9.17, 15) is 4.79 Å². The summed E-state index contributed by atoms with van der Waals surface area (Å²) >= 11 is 0. The summed E-state index contributed by atoms with van der Waals surface area (Å²) < 4.78 is 10.8. The first-order valence-electron chi connectivity index (χ1n) is 6.51. The topological polar surface area (TPSA) is 90.8 Å². The van der Waals surface area contributed by atoms with Crippen molar-refractivity contribution in [3.63, 3.8) is 0 Å². The lowest BCUT2D eigenvalue weighted by Crippen LogP contribution is -2.27. The van der Waals surface area contributed by atoms with Gasteiger partial charge in [0.2, 0.25) is 5.91 Å². The van der Waals surface area contributed by atoms with Crippen LogP contribution in [0.1, 0.15) is 15.9 Å². The quantitative estimate of drug-likeness (QED) is 0.752. The fraction of sp³-hybridized carbons (Fsp3) is 0.500. The third-order valence-electron chi connectivity index (χ3n) is 3.72. The summed E-state index contributed by atoms with van der Waals surface area (Å²) in [5.74, 6) is -0.469. The zero-order valence-electron chi connectivity index (χ0n) is 11.8. The molecule has 0 saturated carbocycles. The number of carbonyl (C=O) groups excluding carboxylic acids is 1. The number of nitrogen functional groups attached to an aromatic ring is 1. The molecular weight excluding hydrogens is 258 g/mol. The third-order valence-corrected chi connectivity index (χ3v) is 3.72. The highest BCUT2D eigenvalue weighted by molar-refractivity contribution is 5.93. The molecule has 1 heterocycles. The van der Waals surface area contributed by atoms with Crippen LogP contribution in [-0.2, 0) is 16.0 Å². The highest BCUT2D eigenvalue weighted by Gasteiger charge is 2.32. The first-order chi connectivity index (χ1) is 9.55. The fourth-order valence-corrected chi connectivity index (χ4v) is 2.53. The number of amides is 1. The van der Waals surface area contributed by atoms with E-state index in [1.54, 1.807) is 26.4 Å². The molecule has 1 saturated heterocycles.